The van der Waals surface area contributed by atoms with Gasteiger partial charge in [-0.15, -0.1) is 5.10 Å². The standard InChI is InChI=1S/C27H31N5O/c1-26(2,3)22-12-14-23(15-13-22)31(25(33)27(4,5)6)17-21-16-20(19-10-8-7-9-11-19)18-32-24(21)28-29-30-32/h7-16,18H,17H2,1-6H3. The van der Waals surface area contributed by atoms with Crippen molar-refractivity contribution in [2.75, 3.05) is 4.90 Å². The molecule has 170 valence electrons. The lowest BCUT2D eigenvalue weighted by Crippen LogP contribution is -2.39. The number of carbonyl (C=O) groups excluding carboxylic acids is 1. The number of benzene rings is 2. The van der Waals surface area contributed by atoms with Gasteiger partial charge in [0.2, 0.25) is 5.91 Å². The van der Waals surface area contributed by atoms with Gasteiger partial charge in [-0.3, -0.25) is 4.79 Å². The Morgan fingerprint density at radius 2 is 1.58 bits per heavy atom. The van der Waals surface area contributed by atoms with E-state index in [1.54, 1.807) is 4.52 Å². The fourth-order valence-electron chi connectivity index (χ4n) is 3.81. The molecule has 0 spiro atoms. The van der Waals surface area contributed by atoms with Crippen molar-refractivity contribution in [2.45, 2.75) is 53.5 Å². The highest BCUT2D eigenvalue weighted by Gasteiger charge is 2.29. The molecule has 0 atom stereocenters. The SMILES string of the molecule is CC(C)(C)C(=O)N(Cc1cc(-c2ccccc2)cn2nnnc12)c1ccc(C(C)(C)C)cc1. The zero-order valence-corrected chi connectivity index (χ0v) is 20.2. The van der Waals surface area contributed by atoms with Gasteiger partial charge in [-0.25, -0.2) is 0 Å². The molecule has 2 heterocycles. The predicted molar refractivity (Wildman–Crippen MR) is 132 cm³/mol. The van der Waals surface area contributed by atoms with E-state index in [0.29, 0.717) is 12.2 Å². The molecule has 0 fully saturated rings. The van der Waals surface area contributed by atoms with Crippen LogP contribution in [0.2, 0.25) is 0 Å². The minimum Gasteiger partial charge on any atom is -0.307 e. The van der Waals surface area contributed by atoms with Crippen molar-refractivity contribution in [3.8, 4) is 11.1 Å². The number of tetrazole rings is 1. The van der Waals surface area contributed by atoms with Crippen molar-refractivity contribution in [1.29, 1.82) is 0 Å². The molecule has 0 bridgehead atoms. The van der Waals surface area contributed by atoms with Crippen LogP contribution in [0.5, 0.6) is 0 Å². The van der Waals surface area contributed by atoms with Crippen LogP contribution in [0.15, 0.2) is 66.9 Å². The van der Waals surface area contributed by atoms with E-state index in [0.717, 1.165) is 22.4 Å². The van der Waals surface area contributed by atoms with Gasteiger partial charge in [-0.05, 0) is 45.2 Å². The first-order chi connectivity index (χ1) is 15.5. The summed E-state index contributed by atoms with van der Waals surface area (Å²) >= 11 is 0. The van der Waals surface area contributed by atoms with Crippen molar-refractivity contribution in [1.82, 2.24) is 20.0 Å². The summed E-state index contributed by atoms with van der Waals surface area (Å²) in [6.45, 7) is 12.8. The lowest BCUT2D eigenvalue weighted by molar-refractivity contribution is -0.125. The van der Waals surface area contributed by atoms with E-state index in [9.17, 15) is 4.79 Å². The van der Waals surface area contributed by atoms with Crippen LogP contribution in [-0.2, 0) is 16.8 Å². The van der Waals surface area contributed by atoms with E-state index < -0.39 is 5.41 Å². The Hall–Kier alpha value is -3.54. The van der Waals surface area contributed by atoms with Crippen LogP contribution in [-0.4, -0.2) is 25.9 Å². The smallest absolute Gasteiger partial charge is 0.232 e. The summed E-state index contributed by atoms with van der Waals surface area (Å²) in [5.41, 5.74) is 5.19. The fourth-order valence-corrected chi connectivity index (χ4v) is 3.81. The Morgan fingerprint density at radius 1 is 0.909 bits per heavy atom. The molecule has 2 aromatic carbocycles. The average molecular weight is 442 g/mol. The maximum Gasteiger partial charge on any atom is 0.232 e. The quantitative estimate of drug-likeness (QED) is 0.409. The predicted octanol–water partition coefficient (Wildman–Crippen LogP) is 5.67. The van der Waals surface area contributed by atoms with E-state index in [1.807, 2.05) is 62.2 Å². The lowest BCUT2D eigenvalue weighted by atomic mass is 9.87. The maximum atomic E-state index is 13.5. The first-order valence-corrected chi connectivity index (χ1v) is 11.2. The molecule has 1 amide bonds. The van der Waals surface area contributed by atoms with Gasteiger partial charge in [-0.1, -0.05) is 84.0 Å². The van der Waals surface area contributed by atoms with Gasteiger partial charge < -0.3 is 4.90 Å². The lowest BCUT2D eigenvalue weighted by Gasteiger charge is -2.30. The molecule has 4 aromatic rings. The fraction of sp³-hybridized carbons (Fsp3) is 0.333. The van der Waals surface area contributed by atoms with Crippen LogP contribution in [0, 0.1) is 5.41 Å². The minimum absolute atomic E-state index is 0.0424. The Morgan fingerprint density at radius 3 is 2.18 bits per heavy atom. The molecular formula is C27H31N5O. The first-order valence-electron chi connectivity index (χ1n) is 11.2. The van der Waals surface area contributed by atoms with Crippen molar-refractivity contribution in [3.05, 3.63) is 78.0 Å². The molecule has 0 N–H and O–H groups in total. The second kappa shape index (κ2) is 8.43. The van der Waals surface area contributed by atoms with E-state index in [-0.39, 0.29) is 11.3 Å². The number of hydrogen-bond donors (Lipinski definition) is 0. The molecule has 33 heavy (non-hydrogen) atoms. The third-order valence-electron chi connectivity index (χ3n) is 5.74. The molecule has 0 aliphatic carbocycles. The summed E-state index contributed by atoms with van der Waals surface area (Å²) in [5, 5.41) is 12.2. The second-order valence-electron chi connectivity index (χ2n) is 10.5. The zero-order valence-electron chi connectivity index (χ0n) is 20.2. The Labute approximate surface area is 195 Å². The summed E-state index contributed by atoms with van der Waals surface area (Å²) in [5.74, 6) is 0.0433. The topological polar surface area (TPSA) is 63.4 Å². The number of carbonyl (C=O) groups is 1. The Bertz CT molecular complexity index is 1260. The minimum atomic E-state index is -0.540. The van der Waals surface area contributed by atoms with Crippen LogP contribution in [0.4, 0.5) is 5.69 Å². The molecule has 0 unspecified atom stereocenters. The molecule has 0 aliphatic rings. The van der Waals surface area contributed by atoms with Gasteiger partial charge in [-0.2, -0.15) is 4.52 Å². The molecule has 4 rings (SSSR count). The third-order valence-corrected chi connectivity index (χ3v) is 5.74. The number of aromatic nitrogens is 4. The monoisotopic (exact) mass is 441 g/mol. The largest absolute Gasteiger partial charge is 0.307 e. The number of rotatable bonds is 4. The van der Waals surface area contributed by atoms with Gasteiger partial charge >= 0.3 is 0 Å². The average Bonchev–Trinajstić information content (AvgIpc) is 3.25. The highest BCUT2D eigenvalue weighted by atomic mass is 16.2. The zero-order chi connectivity index (χ0) is 23.8. The summed E-state index contributed by atoms with van der Waals surface area (Å²) in [4.78, 5) is 15.4. The van der Waals surface area contributed by atoms with Crippen LogP contribution >= 0.6 is 0 Å². The number of fused-ring (bicyclic) bond motifs is 1. The number of amides is 1. The van der Waals surface area contributed by atoms with Crippen molar-refractivity contribution >= 4 is 17.2 Å². The summed E-state index contributed by atoms with van der Waals surface area (Å²) in [7, 11) is 0. The van der Waals surface area contributed by atoms with Crippen LogP contribution in [0.25, 0.3) is 16.8 Å². The van der Waals surface area contributed by atoms with Crippen molar-refractivity contribution in [2.24, 2.45) is 5.41 Å². The summed E-state index contributed by atoms with van der Waals surface area (Å²) < 4.78 is 1.68. The van der Waals surface area contributed by atoms with E-state index in [2.05, 4.69) is 66.6 Å². The van der Waals surface area contributed by atoms with Gasteiger partial charge in [0.25, 0.3) is 0 Å². The highest BCUT2D eigenvalue weighted by Crippen LogP contribution is 2.30. The molecule has 0 radical (unpaired) electrons. The number of anilines is 1. The molecule has 0 saturated heterocycles. The van der Waals surface area contributed by atoms with Crippen LogP contribution in [0.1, 0.15) is 52.7 Å². The third kappa shape index (κ3) is 4.80. The van der Waals surface area contributed by atoms with E-state index >= 15 is 0 Å². The Kier molecular flexibility index (Phi) is 5.78. The van der Waals surface area contributed by atoms with Crippen molar-refractivity contribution < 1.29 is 4.79 Å². The Balaban J connectivity index is 1.80. The molecule has 2 aromatic heterocycles. The van der Waals surface area contributed by atoms with Gasteiger partial charge in [0.1, 0.15) is 0 Å². The molecule has 0 aliphatic heterocycles. The van der Waals surface area contributed by atoms with Gasteiger partial charge in [0.15, 0.2) is 5.65 Å². The van der Waals surface area contributed by atoms with Crippen LogP contribution < -0.4 is 4.90 Å². The first kappa shape index (κ1) is 22.6. The molecule has 0 saturated carbocycles. The van der Waals surface area contributed by atoms with Gasteiger partial charge in [0, 0.05) is 28.4 Å². The second-order valence-corrected chi connectivity index (χ2v) is 10.5. The number of nitrogens with zero attached hydrogens (tertiary/aromatic N) is 5. The highest BCUT2D eigenvalue weighted by molar-refractivity contribution is 5.97. The van der Waals surface area contributed by atoms with Gasteiger partial charge in [0.05, 0.1) is 6.54 Å². The van der Waals surface area contributed by atoms with E-state index in [1.165, 1.54) is 5.56 Å². The van der Waals surface area contributed by atoms with Crippen molar-refractivity contribution in [3.63, 3.8) is 0 Å². The summed E-state index contributed by atoms with van der Waals surface area (Å²) in [6.07, 6.45) is 1.92. The molecule has 6 nitrogen and oxygen atoms in total. The normalized spacial score (nSPS) is 12.2. The van der Waals surface area contributed by atoms with E-state index in [4.69, 9.17) is 0 Å². The number of pyridine rings is 1. The maximum absolute atomic E-state index is 13.5. The number of hydrogen-bond acceptors (Lipinski definition) is 4. The molecule has 6 heteroatoms. The van der Waals surface area contributed by atoms with Crippen LogP contribution in [0.3, 0.4) is 0 Å². The molecular weight excluding hydrogens is 410 g/mol. The summed E-state index contributed by atoms with van der Waals surface area (Å²) in [6, 6.07) is 20.5.